The highest BCUT2D eigenvalue weighted by Crippen LogP contribution is 2.06. The van der Waals surface area contributed by atoms with Gasteiger partial charge in [0, 0.05) is 6.42 Å². The zero-order chi connectivity index (χ0) is 15.7. The highest BCUT2D eigenvalue weighted by atomic mass is 19.1. The van der Waals surface area contributed by atoms with Crippen molar-refractivity contribution in [3.8, 4) is 6.07 Å². The fourth-order valence-corrected chi connectivity index (χ4v) is 1.81. The molecule has 0 aliphatic heterocycles. The molecule has 21 heavy (non-hydrogen) atoms. The molecule has 0 fully saturated rings. The minimum absolute atomic E-state index is 0.0476. The summed E-state index contributed by atoms with van der Waals surface area (Å²) < 4.78 is 17.4. The van der Waals surface area contributed by atoms with Crippen molar-refractivity contribution in [2.75, 3.05) is 7.11 Å². The van der Waals surface area contributed by atoms with Gasteiger partial charge in [-0.3, -0.25) is 4.79 Å². The number of rotatable bonds is 7. The molecule has 1 atom stereocenters. The van der Waals surface area contributed by atoms with Gasteiger partial charge in [-0.25, -0.2) is 9.18 Å². The van der Waals surface area contributed by atoms with Crippen LogP contribution in [0.4, 0.5) is 4.39 Å². The first kappa shape index (κ1) is 16.6. The van der Waals surface area contributed by atoms with E-state index in [1.165, 1.54) is 31.4 Å². The molecule has 0 aromatic heterocycles. The summed E-state index contributed by atoms with van der Waals surface area (Å²) in [7, 11) is 1.24. The summed E-state index contributed by atoms with van der Waals surface area (Å²) in [6.07, 6.45) is 1.19. The number of amides is 1. The molecule has 0 radical (unpaired) electrons. The smallest absolute Gasteiger partial charge is 0.328 e. The van der Waals surface area contributed by atoms with E-state index < -0.39 is 12.0 Å². The number of carbonyl (C=O) groups excluding carboxylic acids is 2. The predicted molar refractivity (Wildman–Crippen MR) is 73.5 cm³/mol. The van der Waals surface area contributed by atoms with Crippen LogP contribution in [-0.2, 0) is 20.7 Å². The van der Waals surface area contributed by atoms with Crippen molar-refractivity contribution in [1.29, 1.82) is 5.26 Å². The zero-order valence-corrected chi connectivity index (χ0v) is 11.8. The van der Waals surface area contributed by atoms with Gasteiger partial charge in [0.25, 0.3) is 0 Å². The lowest BCUT2D eigenvalue weighted by molar-refractivity contribution is -0.145. The fourth-order valence-electron chi connectivity index (χ4n) is 1.81. The van der Waals surface area contributed by atoms with Crippen LogP contribution in [0.15, 0.2) is 24.3 Å². The van der Waals surface area contributed by atoms with Gasteiger partial charge in [0.15, 0.2) is 0 Å². The van der Waals surface area contributed by atoms with E-state index in [1.54, 1.807) is 0 Å². The van der Waals surface area contributed by atoms with Gasteiger partial charge < -0.3 is 10.1 Å². The quantitative estimate of drug-likeness (QED) is 0.613. The monoisotopic (exact) mass is 292 g/mol. The minimum Gasteiger partial charge on any atom is -0.467 e. The first-order valence-corrected chi connectivity index (χ1v) is 6.55. The summed E-state index contributed by atoms with van der Waals surface area (Å²) in [6.45, 7) is 0. The summed E-state index contributed by atoms with van der Waals surface area (Å²) in [4.78, 5) is 23.5. The lowest BCUT2D eigenvalue weighted by Crippen LogP contribution is -2.42. The van der Waals surface area contributed by atoms with Crippen LogP contribution in [0.2, 0.25) is 0 Å². The molecule has 0 heterocycles. The molecule has 0 spiro atoms. The molecular weight excluding hydrogens is 275 g/mol. The van der Waals surface area contributed by atoms with Crippen molar-refractivity contribution in [3.05, 3.63) is 35.6 Å². The first-order chi connectivity index (χ1) is 10.1. The number of unbranched alkanes of at least 4 members (excludes halogenated alkanes) is 1. The van der Waals surface area contributed by atoms with Gasteiger partial charge in [-0.1, -0.05) is 12.1 Å². The van der Waals surface area contributed by atoms with Crippen molar-refractivity contribution < 1.29 is 18.7 Å². The maximum Gasteiger partial charge on any atom is 0.328 e. The Bertz CT molecular complexity index is 523. The number of halogens is 1. The molecule has 5 nitrogen and oxygen atoms in total. The second-order valence-electron chi connectivity index (χ2n) is 4.50. The van der Waals surface area contributed by atoms with Crippen LogP contribution in [0.1, 0.15) is 24.8 Å². The topological polar surface area (TPSA) is 79.2 Å². The molecule has 0 aliphatic carbocycles. The van der Waals surface area contributed by atoms with Crippen molar-refractivity contribution in [1.82, 2.24) is 5.32 Å². The molecule has 1 aromatic rings. The Morgan fingerprint density at radius 2 is 2.05 bits per heavy atom. The van der Waals surface area contributed by atoms with E-state index >= 15 is 0 Å². The molecular formula is C15H17FN2O3. The Hall–Kier alpha value is -2.42. The van der Waals surface area contributed by atoms with E-state index in [4.69, 9.17) is 5.26 Å². The third-order valence-electron chi connectivity index (χ3n) is 2.88. The number of ether oxygens (including phenoxy) is 1. The highest BCUT2D eigenvalue weighted by Gasteiger charge is 2.20. The van der Waals surface area contributed by atoms with Crippen LogP contribution in [0.5, 0.6) is 0 Å². The third kappa shape index (κ3) is 6.04. The largest absolute Gasteiger partial charge is 0.467 e. The first-order valence-electron chi connectivity index (χ1n) is 6.55. The van der Waals surface area contributed by atoms with Crippen LogP contribution in [0.3, 0.4) is 0 Å². The molecule has 1 N–H and O–H groups in total. The second kappa shape index (κ2) is 8.69. The third-order valence-corrected chi connectivity index (χ3v) is 2.88. The molecule has 1 aromatic carbocycles. The van der Waals surface area contributed by atoms with Crippen molar-refractivity contribution in [3.63, 3.8) is 0 Å². The summed E-state index contributed by atoms with van der Waals surface area (Å²) in [5.41, 5.74) is 0.648. The number of nitriles is 1. The van der Waals surface area contributed by atoms with E-state index in [0.29, 0.717) is 24.8 Å². The van der Waals surface area contributed by atoms with Gasteiger partial charge in [0.1, 0.15) is 11.9 Å². The van der Waals surface area contributed by atoms with Crippen LogP contribution in [-0.4, -0.2) is 25.0 Å². The molecule has 0 saturated heterocycles. The zero-order valence-electron chi connectivity index (χ0n) is 11.8. The van der Waals surface area contributed by atoms with Gasteiger partial charge in [0.2, 0.25) is 5.91 Å². The Labute approximate surface area is 122 Å². The lowest BCUT2D eigenvalue weighted by Gasteiger charge is -2.15. The number of nitrogens with zero attached hydrogens (tertiary/aromatic N) is 1. The molecule has 0 saturated carbocycles. The molecule has 6 heteroatoms. The van der Waals surface area contributed by atoms with E-state index in [9.17, 15) is 14.0 Å². The second-order valence-corrected chi connectivity index (χ2v) is 4.50. The normalized spacial score (nSPS) is 11.3. The Morgan fingerprint density at radius 1 is 1.38 bits per heavy atom. The van der Waals surface area contributed by atoms with Crippen LogP contribution >= 0.6 is 0 Å². The number of carbonyl (C=O) groups is 2. The number of benzene rings is 1. The van der Waals surface area contributed by atoms with Gasteiger partial charge >= 0.3 is 5.97 Å². The number of esters is 1. The van der Waals surface area contributed by atoms with Gasteiger partial charge in [-0.15, -0.1) is 0 Å². The standard InChI is InChI=1S/C15H17FN2O3/c1-21-15(20)13(4-2-3-9-17)18-14(19)10-11-5-7-12(16)8-6-11/h5-8,13H,2-4,10H2,1H3,(H,18,19)/t13-/m1/s1. The van der Waals surface area contributed by atoms with Crippen LogP contribution < -0.4 is 5.32 Å². The van der Waals surface area contributed by atoms with Gasteiger partial charge in [0.05, 0.1) is 19.6 Å². The van der Waals surface area contributed by atoms with Crippen LogP contribution in [0, 0.1) is 17.1 Å². The van der Waals surface area contributed by atoms with Gasteiger partial charge in [-0.2, -0.15) is 5.26 Å². The van der Waals surface area contributed by atoms with E-state index in [2.05, 4.69) is 10.1 Å². The molecule has 0 unspecified atom stereocenters. The minimum atomic E-state index is -0.767. The predicted octanol–water partition coefficient (Wildman–Crippen LogP) is 1.72. The van der Waals surface area contributed by atoms with Gasteiger partial charge in [-0.05, 0) is 30.5 Å². The number of hydrogen-bond acceptors (Lipinski definition) is 4. The number of nitrogens with one attached hydrogen (secondary N) is 1. The summed E-state index contributed by atoms with van der Waals surface area (Å²) in [5, 5.41) is 11.1. The number of methoxy groups -OCH3 is 1. The van der Waals surface area contributed by atoms with Crippen molar-refractivity contribution in [2.45, 2.75) is 31.7 Å². The molecule has 0 bridgehead atoms. The van der Waals surface area contributed by atoms with Crippen LogP contribution in [0.25, 0.3) is 0 Å². The summed E-state index contributed by atoms with van der Waals surface area (Å²) in [6, 6.07) is 6.78. The summed E-state index contributed by atoms with van der Waals surface area (Å²) >= 11 is 0. The average Bonchev–Trinajstić information content (AvgIpc) is 2.48. The molecule has 1 rings (SSSR count). The SMILES string of the molecule is COC(=O)[C@@H](CCCC#N)NC(=O)Cc1ccc(F)cc1. The van der Waals surface area contributed by atoms with Crippen molar-refractivity contribution in [2.24, 2.45) is 0 Å². The van der Waals surface area contributed by atoms with Crippen molar-refractivity contribution >= 4 is 11.9 Å². The fraction of sp³-hybridized carbons (Fsp3) is 0.400. The van der Waals surface area contributed by atoms with E-state index in [-0.39, 0.29) is 18.1 Å². The molecule has 1 amide bonds. The molecule has 112 valence electrons. The lowest BCUT2D eigenvalue weighted by atomic mass is 10.1. The number of hydrogen-bond donors (Lipinski definition) is 1. The van der Waals surface area contributed by atoms with E-state index in [0.717, 1.165) is 0 Å². The Balaban J connectivity index is 2.56. The Morgan fingerprint density at radius 3 is 2.62 bits per heavy atom. The maximum atomic E-state index is 12.8. The summed E-state index contributed by atoms with van der Waals surface area (Å²) in [5.74, 6) is -1.27. The molecule has 0 aliphatic rings. The van der Waals surface area contributed by atoms with E-state index in [1.807, 2.05) is 6.07 Å². The maximum absolute atomic E-state index is 12.8. The average molecular weight is 292 g/mol. The highest BCUT2D eigenvalue weighted by molar-refractivity contribution is 5.85. The Kier molecular flexibility index (Phi) is 6.88.